The topological polar surface area (TPSA) is 64.6 Å². The van der Waals surface area contributed by atoms with Crippen molar-refractivity contribution in [1.82, 2.24) is 5.32 Å². The highest BCUT2D eigenvalue weighted by molar-refractivity contribution is 6.32. The zero-order chi connectivity index (χ0) is 28.2. The number of hydrogen-bond donors (Lipinski definition) is 1. The van der Waals surface area contributed by atoms with Crippen LogP contribution in [-0.2, 0) is 11.4 Å². The number of nitrogens with one attached hydrogen (secondary N) is 1. The fourth-order valence-corrected chi connectivity index (χ4v) is 5.07. The van der Waals surface area contributed by atoms with Gasteiger partial charge in [-0.15, -0.1) is 0 Å². The van der Waals surface area contributed by atoms with Crippen molar-refractivity contribution in [1.29, 1.82) is 0 Å². The summed E-state index contributed by atoms with van der Waals surface area (Å²) < 4.78 is 39.1. The van der Waals surface area contributed by atoms with Gasteiger partial charge in [0.2, 0.25) is 5.91 Å². The molecule has 4 rings (SSSR count). The van der Waals surface area contributed by atoms with Gasteiger partial charge >= 0.3 is 0 Å². The Kier molecular flexibility index (Phi) is 8.21. The van der Waals surface area contributed by atoms with Crippen LogP contribution in [0, 0.1) is 22.5 Å². The van der Waals surface area contributed by atoms with Gasteiger partial charge in [-0.25, -0.2) is 8.78 Å². The van der Waals surface area contributed by atoms with E-state index in [1.54, 1.807) is 7.05 Å². The minimum atomic E-state index is -1.12. The van der Waals surface area contributed by atoms with Gasteiger partial charge in [0, 0.05) is 24.6 Å². The molecule has 0 saturated carbocycles. The quantitative estimate of drug-likeness (QED) is 0.297. The number of aldehydes is 1. The molecule has 1 atom stereocenters. The SMILES string of the molecule is CNC(=O)C1(COc2cc(OCc3cc(F)cc(F)c3)c(C=O)cc2Cl)C=CC=C(c2ccccc2)C1(C)C. The summed E-state index contributed by atoms with van der Waals surface area (Å²) in [5.74, 6) is -1.42. The van der Waals surface area contributed by atoms with Crippen LogP contribution in [0.4, 0.5) is 8.78 Å². The molecule has 1 unspecified atom stereocenters. The monoisotopic (exact) mass is 551 g/mol. The van der Waals surface area contributed by atoms with Gasteiger partial charge in [0.15, 0.2) is 6.29 Å². The summed E-state index contributed by atoms with van der Waals surface area (Å²) in [5.41, 5.74) is 0.518. The molecule has 0 bridgehead atoms. The minimum Gasteiger partial charge on any atom is -0.490 e. The zero-order valence-electron chi connectivity index (χ0n) is 21.8. The van der Waals surface area contributed by atoms with Crippen LogP contribution >= 0.6 is 11.6 Å². The number of carbonyl (C=O) groups is 2. The average Bonchev–Trinajstić information content (AvgIpc) is 2.91. The predicted molar refractivity (Wildman–Crippen MR) is 147 cm³/mol. The van der Waals surface area contributed by atoms with Crippen LogP contribution in [0.5, 0.6) is 11.5 Å². The van der Waals surface area contributed by atoms with E-state index in [0.29, 0.717) is 6.29 Å². The lowest BCUT2D eigenvalue weighted by atomic mass is 9.58. The van der Waals surface area contributed by atoms with E-state index in [2.05, 4.69) is 5.32 Å². The lowest BCUT2D eigenvalue weighted by Gasteiger charge is -2.46. The summed E-state index contributed by atoms with van der Waals surface area (Å²) in [6.07, 6.45) is 6.22. The first-order valence-electron chi connectivity index (χ1n) is 12.3. The Morgan fingerprint density at radius 2 is 1.69 bits per heavy atom. The van der Waals surface area contributed by atoms with Crippen LogP contribution in [0.2, 0.25) is 5.02 Å². The van der Waals surface area contributed by atoms with Crippen molar-refractivity contribution < 1.29 is 27.8 Å². The molecule has 39 heavy (non-hydrogen) atoms. The molecule has 0 heterocycles. The summed E-state index contributed by atoms with van der Waals surface area (Å²) in [7, 11) is 1.57. The summed E-state index contributed by atoms with van der Waals surface area (Å²) in [5, 5.41) is 2.91. The Hall–Kier alpha value is -3.97. The second-order valence-corrected chi connectivity index (χ2v) is 10.2. The van der Waals surface area contributed by atoms with E-state index >= 15 is 0 Å². The first-order chi connectivity index (χ1) is 18.6. The molecule has 1 aliphatic carbocycles. The van der Waals surface area contributed by atoms with E-state index in [4.69, 9.17) is 21.1 Å². The highest BCUT2D eigenvalue weighted by Gasteiger charge is 2.53. The van der Waals surface area contributed by atoms with Crippen molar-refractivity contribution >= 4 is 29.4 Å². The summed E-state index contributed by atoms with van der Waals surface area (Å²) in [6, 6.07) is 15.7. The van der Waals surface area contributed by atoms with Gasteiger partial charge in [-0.05, 0) is 34.9 Å². The first kappa shape index (κ1) is 28.0. The van der Waals surface area contributed by atoms with Crippen LogP contribution in [0.25, 0.3) is 5.57 Å². The average molecular weight is 552 g/mol. The van der Waals surface area contributed by atoms with E-state index in [9.17, 15) is 18.4 Å². The van der Waals surface area contributed by atoms with Crippen LogP contribution < -0.4 is 14.8 Å². The second-order valence-electron chi connectivity index (χ2n) is 9.77. The summed E-state index contributed by atoms with van der Waals surface area (Å²) >= 11 is 6.44. The maximum atomic E-state index is 13.6. The van der Waals surface area contributed by atoms with Crippen molar-refractivity contribution in [3.8, 4) is 11.5 Å². The molecule has 3 aromatic carbocycles. The Bertz CT molecular complexity index is 1430. The molecule has 0 aliphatic heterocycles. The van der Waals surface area contributed by atoms with Gasteiger partial charge in [0.1, 0.15) is 41.8 Å². The third-order valence-corrected chi connectivity index (χ3v) is 7.41. The van der Waals surface area contributed by atoms with E-state index in [1.165, 1.54) is 12.1 Å². The molecular formula is C31H28ClF2NO4. The number of benzene rings is 3. The number of amides is 1. The maximum absolute atomic E-state index is 13.6. The second kappa shape index (κ2) is 11.4. The van der Waals surface area contributed by atoms with Gasteiger partial charge in [-0.3, -0.25) is 9.59 Å². The predicted octanol–water partition coefficient (Wildman–Crippen LogP) is 6.80. The fraction of sp³-hybridized carbons (Fsp3) is 0.226. The van der Waals surface area contributed by atoms with E-state index in [1.807, 2.05) is 62.4 Å². The van der Waals surface area contributed by atoms with E-state index in [-0.39, 0.29) is 46.8 Å². The standard InChI is InChI=1S/C31H28ClF2NO4/c1-30(2)25(21-8-5-4-6-9-21)10-7-11-31(30,29(37)35-3)19-39-28-16-27(22(17-36)14-26(28)32)38-18-20-12-23(33)15-24(34)13-20/h4-17H,18-19H2,1-3H3,(H,35,37). The van der Waals surface area contributed by atoms with Gasteiger partial charge in [0.25, 0.3) is 0 Å². The van der Waals surface area contributed by atoms with Crippen LogP contribution in [0.15, 0.2) is 78.9 Å². The molecule has 8 heteroatoms. The largest absolute Gasteiger partial charge is 0.490 e. The van der Waals surface area contributed by atoms with E-state index in [0.717, 1.165) is 29.3 Å². The lowest BCUT2D eigenvalue weighted by Crippen LogP contribution is -2.53. The normalized spacial score (nSPS) is 17.7. The first-order valence-corrected chi connectivity index (χ1v) is 12.7. The maximum Gasteiger partial charge on any atom is 0.234 e. The number of hydrogen-bond acceptors (Lipinski definition) is 4. The number of carbonyl (C=O) groups excluding carboxylic acids is 2. The number of rotatable bonds is 9. The molecule has 5 nitrogen and oxygen atoms in total. The fourth-order valence-electron chi connectivity index (χ4n) is 4.84. The third kappa shape index (κ3) is 5.59. The number of ether oxygens (including phenoxy) is 2. The minimum absolute atomic E-state index is 0.0744. The van der Waals surface area contributed by atoms with Crippen molar-refractivity contribution in [2.24, 2.45) is 10.8 Å². The molecule has 0 radical (unpaired) electrons. The zero-order valence-corrected chi connectivity index (χ0v) is 22.5. The summed E-state index contributed by atoms with van der Waals surface area (Å²) in [6.45, 7) is 3.70. The molecule has 0 spiro atoms. The smallest absolute Gasteiger partial charge is 0.234 e. The van der Waals surface area contributed by atoms with Crippen LogP contribution in [0.1, 0.15) is 35.3 Å². The molecule has 202 valence electrons. The molecule has 1 amide bonds. The molecule has 1 aliphatic rings. The molecular weight excluding hydrogens is 524 g/mol. The van der Waals surface area contributed by atoms with Gasteiger partial charge in [0.05, 0.1) is 10.6 Å². The number of allylic oxidation sites excluding steroid dienone is 3. The van der Waals surface area contributed by atoms with Crippen molar-refractivity contribution in [3.05, 3.63) is 112 Å². The Morgan fingerprint density at radius 1 is 1.00 bits per heavy atom. The van der Waals surface area contributed by atoms with Crippen molar-refractivity contribution in [2.45, 2.75) is 20.5 Å². The third-order valence-electron chi connectivity index (χ3n) is 7.11. The Morgan fingerprint density at radius 3 is 2.33 bits per heavy atom. The molecule has 0 saturated heterocycles. The van der Waals surface area contributed by atoms with Crippen molar-refractivity contribution in [3.63, 3.8) is 0 Å². The van der Waals surface area contributed by atoms with Gasteiger partial charge in [-0.1, -0.05) is 74.0 Å². The molecule has 1 N–H and O–H groups in total. The van der Waals surface area contributed by atoms with E-state index < -0.39 is 22.5 Å². The lowest BCUT2D eigenvalue weighted by molar-refractivity contribution is -0.134. The van der Waals surface area contributed by atoms with Crippen molar-refractivity contribution in [2.75, 3.05) is 13.7 Å². The highest BCUT2D eigenvalue weighted by atomic mass is 35.5. The Balaban J connectivity index is 1.64. The number of halogens is 3. The molecule has 0 fully saturated rings. The Labute approximate surface area is 231 Å². The van der Waals surface area contributed by atoms with Gasteiger partial charge in [-0.2, -0.15) is 0 Å². The summed E-state index contributed by atoms with van der Waals surface area (Å²) in [4.78, 5) is 25.1. The molecule has 0 aromatic heterocycles. The highest BCUT2D eigenvalue weighted by Crippen LogP contribution is 2.52. The van der Waals surface area contributed by atoms with Crippen LogP contribution in [0.3, 0.4) is 0 Å². The van der Waals surface area contributed by atoms with Crippen LogP contribution in [-0.4, -0.2) is 25.8 Å². The van der Waals surface area contributed by atoms with Gasteiger partial charge < -0.3 is 14.8 Å². The molecule has 3 aromatic rings.